The number of aromatic nitrogens is 2. The summed E-state index contributed by atoms with van der Waals surface area (Å²) in [6.07, 6.45) is 0.109. The maximum atomic E-state index is 13.7. The van der Waals surface area contributed by atoms with Crippen molar-refractivity contribution in [3.05, 3.63) is 58.4 Å². The number of amides is 2. The molecular weight excluding hydrogens is 756 g/mol. The molecule has 0 saturated heterocycles. The van der Waals surface area contributed by atoms with Crippen LogP contribution in [0.5, 0.6) is 0 Å². The van der Waals surface area contributed by atoms with E-state index in [1.54, 1.807) is 0 Å². The summed E-state index contributed by atoms with van der Waals surface area (Å²) in [7, 11) is 0. The van der Waals surface area contributed by atoms with Gasteiger partial charge in [-0.15, -0.1) is 0 Å². The summed E-state index contributed by atoms with van der Waals surface area (Å²) in [4.78, 5) is 33.8. The fourth-order valence-electron chi connectivity index (χ4n) is 6.88. The summed E-state index contributed by atoms with van der Waals surface area (Å²) < 4.78 is 0. The van der Waals surface area contributed by atoms with Gasteiger partial charge in [-0.05, 0) is 66.5 Å². The Morgan fingerprint density at radius 3 is 2.21 bits per heavy atom. The quantitative estimate of drug-likeness (QED) is 0.0266. The molecule has 0 unspecified atom stereocenters. The first-order chi connectivity index (χ1) is 27.1. The van der Waals surface area contributed by atoms with Crippen LogP contribution in [-0.2, 0) is 16.8 Å². The summed E-state index contributed by atoms with van der Waals surface area (Å²) in [6, 6.07) is 11.9. The Morgan fingerprint density at radius 1 is 0.877 bits per heavy atom. The highest BCUT2D eigenvalue weighted by Gasteiger charge is 2.46. The Bertz CT molecular complexity index is 1790. The fourth-order valence-corrected chi connectivity index (χ4v) is 7.01. The number of fused-ring (bicyclic) bond motifs is 1. The molecule has 0 aliphatic rings. The SMILES string of the molecule is CCCCCCN(C[C@H](O)[C@@H](O)[C@H](O)[C@H](O)CO)N(CCC)[C@](CC)(C(N)=O)c1ccc2cc(CCCCNC(=N)NC(=O)c3nc(Cl)c(N)nc3N)ccc2c1. The van der Waals surface area contributed by atoms with Crippen LogP contribution in [0.3, 0.4) is 0 Å². The summed E-state index contributed by atoms with van der Waals surface area (Å²) in [5.74, 6) is -1.84. The standard InChI is InChI=1S/C39H61ClN10O7/c1-4-7-8-11-19-49(22-28(52)31(54)32(55)29(53)23-51)50(18-5-2)39(6-3,37(43)57)27-16-15-25-20-24(13-14-26(25)21-27)12-9-10-17-45-38(44)48-36(56)30-34(41)47-35(42)33(40)46-30/h13-16,20-21,28-29,31-32,51-55H,4-12,17-19,22-23H2,1-3H3,(H2,43,57)(H4,41,42,47)(H3,44,45,48,56)/t28-,29+,31+,32+,39-/m0/s1. The van der Waals surface area contributed by atoms with Crippen LogP contribution < -0.4 is 27.8 Å². The molecule has 17 nitrogen and oxygen atoms in total. The van der Waals surface area contributed by atoms with Crippen LogP contribution in [0, 0.1) is 5.41 Å². The number of rotatable bonds is 24. The Hall–Kier alpha value is -4.20. The molecule has 1 heterocycles. The second-order valence-corrected chi connectivity index (χ2v) is 14.6. The van der Waals surface area contributed by atoms with Crippen molar-refractivity contribution in [3.63, 3.8) is 0 Å². The first-order valence-corrected chi connectivity index (χ1v) is 19.9. The summed E-state index contributed by atoms with van der Waals surface area (Å²) in [5.41, 5.74) is 17.8. The van der Waals surface area contributed by atoms with Crippen molar-refractivity contribution < 1.29 is 35.1 Å². The second-order valence-electron chi connectivity index (χ2n) is 14.2. The number of aliphatic hydroxyl groups excluding tert-OH is 5. The monoisotopic (exact) mass is 816 g/mol. The smallest absolute Gasteiger partial charge is 0.280 e. The van der Waals surface area contributed by atoms with Crippen LogP contribution in [-0.4, -0.2) is 120 Å². The number of halogens is 1. The molecule has 5 atom stereocenters. The highest BCUT2D eigenvalue weighted by molar-refractivity contribution is 6.31. The number of aryl methyl sites for hydroxylation is 1. The Labute approximate surface area is 339 Å². The number of nitrogens with zero attached hydrogens (tertiary/aromatic N) is 4. The third kappa shape index (κ3) is 12.4. The van der Waals surface area contributed by atoms with Gasteiger partial charge in [0.1, 0.15) is 23.9 Å². The second kappa shape index (κ2) is 22.7. The molecule has 1 aromatic heterocycles. The summed E-state index contributed by atoms with van der Waals surface area (Å²) >= 11 is 5.85. The van der Waals surface area contributed by atoms with E-state index in [9.17, 15) is 35.1 Å². The van der Waals surface area contributed by atoms with Gasteiger partial charge in [0.25, 0.3) is 5.91 Å². The van der Waals surface area contributed by atoms with E-state index in [1.165, 1.54) is 0 Å². The van der Waals surface area contributed by atoms with Gasteiger partial charge < -0.3 is 48.1 Å². The van der Waals surface area contributed by atoms with Crippen molar-refractivity contribution in [2.24, 2.45) is 5.73 Å². The van der Waals surface area contributed by atoms with E-state index < -0.39 is 48.4 Å². The number of carbonyl (C=O) groups excluding carboxylic acids is 2. The predicted octanol–water partition coefficient (Wildman–Crippen LogP) is 1.76. The number of unbranched alkanes of at least 4 members (excludes halogenated alkanes) is 4. The zero-order valence-electron chi connectivity index (χ0n) is 33.1. The highest BCUT2D eigenvalue weighted by atomic mass is 35.5. The molecule has 18 heteroatoms. The number of nitrogens with one attached hydrogen (secondary N) is 3. The number of carbonyl (C=O) groups is 2. The highest BCUT2D eigenvalue weighted by Crippen LogP contribution is 2.36. The molecule has 0 bridgehead atoms. The molecule has 0 spiro atoms. The molecule has 0 saturated carbocycles. The van der Waals surface area contributed by atoms with Gasteiger partial charge >= 0.3 is 0 Å². The van der Waals surface area contributed by atoms with Gasteiger partial charge in [-0.3, -0.25) is 20.3 Å². The van der Waals surface area contributed by atoms with Crippen LogP contribution in [0.1, 0.15) is 93.8 Å². The van der Waals surface area contributed by atoms with Crippen LogP contribution >= 0.6 is 11.6 Å². The molecule has 3 aromatic rings. The van der Waals surface area contributed by atoms with Gasteiger partial charge in [0.05, 0.1) is 12.7 Å². The topological polar surface area (TPSA) is 294 Å². The Balaban J connectivity index is 1.76. The molecule has 0 aliphatic heterocycles. The summed E-state index contributed by atoms with van der Waals surface area (Å²) in [6.45, 7) is 6.26. The minimum Gasteiger partial charge on any atom is -0.394 e. The first kappa shape index (κ1) is 47.2. The Morgan fingerprint density at radius 2 is 1.56 bits per heavy atom. The summed E-state index contributed by atoms with van der Waals surface area (Å²) in [5, 5.41) is 70.1. The molecule has 14 N–H and O–H groups in total. The molecule has 2 amide bonds. The van der Waals surface area contributed by atoms with Gasteiger partial charge in [-0.25, -0.2) is 20.0 Å². The van der Waals surface area contributed by atoms with E-state index in [4.69, 9.17) is 34.2 Å². The van der Waals surface area contributed by atoms with Gasteiger partial charge in [0.15, 0.2) is 28.4 Å². The third-order valence-electron chi connectivity index (χ3n) is 10.1. The van der Waals surface area contributed by atoms with Crippen LogP contribution in [0.15, 0.2) is 36.4 Å². The number of hydrazine groups is 1. The van der Waals surface area contributed by atoms with Crippen molar-refractivity contribution in [2.75, 3.05) is 44.3 Å². The lowest BCUT2D eigenvalue weighted by atomic mass is 9.84. The number of hydrogen-bond donors (Lipinski definition) is 11. The van der Waals surface area contributed by atoms with Crippen molar-refractivity contribution >= 4 is 51.8 Å². The van der Waals surface area contributed by atoms with E-state index in [0.717, 1.165) is 54.9 Å². The van der Waals surface area contributed by atoms with Crippen LogP contribution in [0.2, 0.25) is 5.15 Å². The lowest BCUT2D eigenvalue weighted by Gasteiger charge is -2.48. The van der Waals surface area contributed by atoms with E-state index in [0.29, 0.717) is 44.5 Å². The van der Waals surface area contributed by atoms with Crippen molar-refractivity contribution in [2.45, 2.75) is 109 Å². The molecule has 316 valence electrons. The fraction of sp³-hybridized carbons (Fsp3) is 0.564. The molecule has 57 heavy (non-hydrogen) atoms. The average molecular weight is 817 g/mol. The molecular formula is C39H61ClN10O7. The van der Waals surface area contributed by atoms with Gasteiger partial charge in [-0.1, -0.05) is 82.0 Å². The number of primary amides is 1. The van der Waals surface area contributed by atoms with Crippen molar-refractivity contribution in [1.29, 1.82) is 5.41 Å². The van der Waals surface area contributed by atoms with E-state index in [-0.39, 0.29) is 35.0 Å². The number of guanidine groups is 1. The van der Waals surface area contributed by atoms with Crippen molar-refractivity contribution in [1.82, 2.24) is 30.6 Å². The maximum absolute atomic E-state index is 13.7. The zero-order chi connectivity index (χ0) is 42.3. The minimum absolute atomic E-state index is 0.101. The van der Waals surface area contributed by atoms with E-state index in [1.807, 2.05) is 54.2 Å². The molecule has 0 fully saturated rings. The lowest BCUT2D eigenvalue weighted by molar-refractivity contribution is -0.172. The van der Waals surface area contributed by atoms with Gasteiger partial charge in [0, 0.05) is 26.2 Å². The third-order valence-corrected chi connectivity index (χ3v) is 10.3. The number of benzene rings is 2. The zero-order valence-corrected chi connectivity index (χ0v) is 33.9. The number of aliphatic hydroxyl groups is 5. The predicted molar refractivity (Wildman–Crippen MR) is 221 cm³/mol. The number of nitrogen functional groups attached to an aromatic ring is 2. The maximum Gasteiger partial charge on any atom is 0.280 e. The molecule has 0 radical (unpaired) electrons. The molecule has 3 rings (SSSR count). The van der Waals surface area contributed by atoms with Gasteiger partial charge in [-0.2, -0.15) is 0 Å². The first-order valence-electron chi connectivity index (χ1n) is 19.6. The van der Waals surface area contributed by atoms with Crippen LogP contribution in [0.25, 0.3) is 10.8 Å². The van der Waals surface area contributed by atoms with Gasteiger partial charge in [0.2, 0.25) is 5.91 Å². The van der Waals surface area contributed by atoms with E-state index in [2.05, 4.69) is 33.6 Å². The number of hydrogen-bond acceptors (Lipinski definition) is 14. The lowest BCUT2D eigenvalue weighted by Crippen LogP contribution is -2.63. The Kier molecular flexibility index (Phi) is 18.8. The largest absolute Gasteiger partial charge is 0.394 e. The minimum atomic E-state index is -1.78. The molecule has 2 aromatic carbocycles. The van der Waals surface area contributed by atoms with E-state index >= 15 is 0 Å². The normalized spacial score (nSPS) is 14.9. The average Bonchev–Trinajstić information content (AvgIpc) is 3.19. The molecule has 0 aliphatic carbocycles. The number of anilines is 2. The number of nitrogens with two attached hydrogens (primary N) is 3. The van der Waals surface area contributed by atoms with Crippen molar-refractivity contribution in [3.8, 4) is 0 Å². The van der Waals surface area contributed by atoms with Crippen LogP contribution in [0.4, 0.5) is 11.6 Å².